The molecule has 0 unspecified atom stereocenters. The van der Waals surface area contributed by atoms with Crippen molar-refractivity contribution in [2.24, 2.45) is 0 Å². The number of methoxy groups -OCH3 is 1. The molecule has 0 saturated heterocycles. The Morgan fingerprint density at radius 3 is 1.87 bits per heavy atom. The Labute approximate surface area is 228 Å². The van der Waals surface area contributed by atoms with E-state index in [2.05, 4.69) is 15.9 Å². The molecule has 1 aliphatic carbocycles. The first-order chi connectivity index (χ1) is 18.3. The van der Waals surface area contributed by atoms with Gasteiger partial charge in [0.05, 0.1) is 25.9 Å². The van der Waals surface area contributed by atoms with Crippen molar-refractivity contribution in [2.75, 3.05) is 20.3 Å². The van der Waals surface area contributed by atoms with Gasteiger partial charge in [-0.15, -0.1) is 0 Å². The molecule has 3 aromatic rings. The average molecular weight is 577 g/mol. The zero-order valence-corrected chi connectivity index (χ0v) is 22.7. The summed E-state index contributed by atoms with van der Waals surface area (Å²) in [6.07, 6.45) is 0. The van der Waals surface area contributed by atoms with Gasteiger partial charge in [0.2, 0.25) is 5.41 Å². The van der Waals surface area contributed by atoms with Crippen molar-refractivity contribution in [1.29, 1.82) is 0 Å². The van der Waals surface area contributed by atoms with Gasteiger partial charge in [0.1, 0.15) is 0 Å². The van der Waals surface area contributed by atoms with E-state index in [0.717, 1.165) is 4.47 Å². The lowest BCUT2D eigenvalue weighted by Gasteiger charge is -2.29. The molecule has 0 atom stereocenters. The summed E-state index contributed by atoms with van der Waals surface area (Å²) in [4.78, 5) is 53.7. The van der Waals surface area contributed by atoms with Gasteiger partial charge < -0.3 is 14.2 Å². The van der Waals surface area contributed by atoms with Gasteiger partial charge in [-0.05, 0) is 54.8 Å². The minimum Gasteiger partial charge on any atom is -0.465 e. The van der Waals surface area contributed by atoms with E-state index in [1.54, 1.807) is 62.4 Å². The summed E-state index contributed by atoms with van der Waals surface area (Å²) >= 11 is 3.42. The number of rotatable bonds is 8. The molecule has 1 aliphatic rings. The van der Waals surface area contributed by atoms with Crippen LogP contribution in [0.3, 0.4) is 0 Å². The second-order valence-electron chi connectivity index (χ2n) is 8.39. The summed E-state index contributed by atoms with van der Waals surface area (Å²) in [5, 5.41) is 0. The van der Waals surface area contributed by atoms with E-state index in [-0.39, 0.29) is 35.5 Å². The molecule has 0 spiro atoms. The number of hydrogen-bond donors (Lipinski definition) is 0. The molecule has 0 amide bonds. The number of hydrogen-bond acceptors (Lipinski definition) is 7. The van der Waals surface area contributed by atoms with E-state index in [9.17, 15) is 19.2 Å². The Balaban J connectivity index is 2.07. The van der Waals surface area contributed by atoms with Crippen LogP contribution in [0.2, 0.25) is 0 Å². The predicted molar refractivity (Wildman–Crippen MR) is 144 cm³/mol. The normalized spacial score (nSPS) is 13.5. The Hall–Kier alpha value is -4.04. The summed E-state index contributed by atoms with van der Waals surface area (Å²) in [5.41, 5.74) is 0.108. The molecule has 38 heavy (non-hydrogen) atoms. The number of esters is 3. The van der Waals surface area contributed by atoms with Crippen LogP contribution in [0.1, 0.15) is 51.3 Å². The lowest BCUT2D eigenvalue weighted by Crippen LogP contribution is -2.46. The Kier molecular flexibility index (Phi) is 7.92. The molecule has 7 nitrogen and oxygen atoms in total. The molecule has 8 heteroatoms. The van der Waals surface area contributed by atoms with Crippen LogP contribution in [0.15, 0.2) is 77.3 Å². The number of halogens is 1. The Morgan fingerprint density at radius 1 is 0.763 bits per heavy atom. The SMILES string of the molecule is CCOC(=O)C1(C(=O)OCC)C(c2ccc(Br)cc2)=C(C(=O)c2ccc(C(=O)OC)cc2)c2ccccc21. The van der Waals surface area contributed by atoms with E-state index < -0.39 is 29.1 Å². The number of carbonyl (C=O) groups excluding carboxylic acids is 4. The van der Waals surface area contributed by atoms with Crippen LogP contribution < -0.4 is 0 Å². The third-order valence-electron chi connectivity index (χ3n) is 6.32. The second-order valence-corrected chi connectivity index (χ2v) is 9.31. The van der Waals surface area contributed by atoms with Crippen molar-refractivity contribution in [3.05, 3.63) is 105 Å². The van der Waals surface area contributed by atoms with Crippen LogP contribution in [0.5, 0.6) is 0 Å². The summed E-state index contributed by atoms with van der Waals surface area (Å²) in [5.74, 6) is -2.61. The number of ether oxygens (including phenoxy) is 3. The van der Waals surface area contributed by atoms with Crippen molar-refractivity contribution in [1.82, 2.24) is 0 Å². The van der Waals surface area contributed by atoms with Gasteiger partial charge in [-0.2, -0.15) is 0 Å². The number of Topliss-reactive ketones (excluding diaryl/α,β-unsaturated/α-hetero) is 1. The number of allylic oxidation sites excluding steroid dienone is 1. The standard InChI is InChI=1S/C30H25BrO7/c1-4-37-28(34)30(29(35)38-5-2)23-9-7-6-8-22(23)24(25(30)18-14-16-21(31)17-15-18)26(32)19-10-12-20(13-11-19)27(33)36-3/h6-17H,4-5H2,1-3H3. The number of fused-ring (bicyclic) bond motifs is 1. The van der Waals surface area contributed by atoms with Crippen molar-refractivity contribution in [3.8, 4) is 0 Å². The Bertz CT molecular complexity index is 1420. The smallest absolute Gasteiger partial charge is 0.337 e. The second kappa shape index (κ2) is 11.1. The predicted octanol–water partition coefficient (Wildman–Crippen LogP) is 5.41. The van der Waals surface area contributed by atoms with E-state index in [4.69, 9.17) is 14.2 Å². The summed E-state index contributed by atoms with van der Waals surface area (Å²) in [7, 11) is 1.27. The van der Waals surface area contributed by atoms with Crippen LogP contribution in [-0.2, 0) is 29.2 Å². The molecule has 0 aliphatic heterocycles. The van der Waals surface area contributed by atoms with Crippen LogP contribution >= 0.6 is 15.9 Å². The molecule has 0 radical (unpaired) electrons. The molecule has 194 valence electrons. The molecule has 0 bridgehead atoms. The highest BCUT2D eigenvalue weighted by Crippen LogP contribution is 2.53. The quantitative estimate of drug-likeness (QED) is 0.153. The third-order valence-corrected chi connectivity index (χ3v) is 6.85. The number of carbonyl (C=O) groups is 4. The van der Waals surface area contributed by atoms with E-state index in [1.807, 2.05) is 0 Å². The highest BCUT2D eigenvalue weighted by Gasteiger charge is 2.60. The van der Waals surface area contributed by atoms with E-state index >= 15 is 0 Å². The first-order valence-corrected chi connectivity index (χ1v) is 12.8. The molecule has 4 rings (SSSR count). The number of ketones is 1. The summed E-state index contributed by atoms with van der Waals surface area (Å²) in [6, 6.07) is 19.8. The molecular weight excluding hydrogens is 552 g/mol. The zero-order valence-electron chi connectivity index (χ0n) is 21.1. The molecule has 0 fully saturated rings. The molecule has 0 saturated carbocycles. The van der Waals surface area contributed by atoms with Crippen LogP contribution in [0, 0.1) is 0 Å². The molecular formula is C30H25BrO7. The highest BCUT2D eigenvalue weighted by molar-refractivity contribution is 9.10. The maximum absolute atomic E-state index is 14.2. The van der Waals surface area contributed by atoms with E-state index in [0.29, 0.717) is 16.7 Å². The minimum absolute atomic E-state index is 0.0219. The summed E-state index contributed by atoms with van der Waals surface area (Å²) < 4.78 is 16.5. The Morgan fingerprint density at radius 2 is 1.32 bits per heavy atom. The fraction of sp³-hybridized carbons (Fsp3) is 0.200. The van der Waals surface area contributed by atoms with Crippen molar-refractivity contribution < 1.29 is 33.4 Å². The lowest BCUT2D eigenvalue weighted by molar-refractivity contribution is -0.161. The van der Waals surface area contributed by atoms with Crippen LogP contribution in [0.25, 0.3) is 11.1 Å². The lowest BCUT2D eigenvalue weighted by atomic mass is 9.74. The van der Waals surface area contributed by atoms with Crippen LogP contribution in [0.4, 0.5) is 0 Å². The van der Waals surface area contributed by atoms with Crippen molar-refractivity contribution in [2.45, 2.75) is 19.3 Å². The van der Waals surface area contributed by atoms with Gasteiger partial charge in [0.25, 0.3) is 0 Å². The minimum atomic E-state index is -2.02. The maximum Gasteiger partial charge on any atom is 0.337 e. The first-order valence-electron chi connectivity index (χ1n) is 12.0. The average Bonchev–Trinajstić information content (AvgIpc) is 3.25. The topological polar surface area (TPSA) is 96.0 Å². The van der Waals surface area contributed by atoms with Crippen molar-refractivity contribution in [3.63, 3.8) is 0 Å². The monoisotopic (exact) mass is 576 g/mol. The number of benzene rings is 3. The van der Waals surface area contributed by atoms with E-state index in [1.165, 1.54) is 31.4 Å². The summed E-state index contributed by atoms with van der Waals surface area (Å²) in [6.45, 7) is 3.34. The maximum atomic E-state index is 14.2. The zero-order chi connectivity index (χ0) is 27.4. The van der Waals surface area contributed by atoms with Gasteiger partial charge in [0.15, 0.2) is 5.78 Å². The van der Waals surface area contributed by atoms with Gasteiger partial charge in [0, 0.05) is 21.2 Å². The van der Waals surface area contributed by atoms with Gasteiger partial charge in [-0.3, -0.25) is 14.4 Å². The van der Waals surface area contributed by atoms with Gasteiger partial charge >= 0.3 is 17.9 Å². The largest absolute Gasteiger partial charge is 0.465 e. The molecule has 3 aromatic carbocycles. The molecule has 0 heterocycles. The van der Waals surface area contributed by atoms with Gasteiger partial charge in [-0.1, -0.05) is 64.5 Å². The van der Waals surface area contributed by atoms with Crippen LogP contribution in [-0.4, -0.2) is 44.0 Å². The highest BCUT2D eigenvalue weighted by atomic mass is 79.9. The van der Waals surface area contributed by atoms with Gasteiger partial charge in [-0.25, -0.2) is 4.79 Å². The first kappa shape index (κ1) is 27.0. The fourth-order valence-electron chi connectivity index (χ4n) is 4.70. The fourth-order valence-corrected chi connectivity index (χ4v) is 4.97. The third kappa shape index (κ3) is 4.45. The molecule has 0 N–H and O–H groups in total. The van der Waals surface area contributed by atoms with Crippen molar-refractivity contribution >= 4 is 50.8 Å². The molecule has 0 aromatic heterocycles.